The zero-order valence-electron chi connectivity index (χ0n) is 16.6. The summed E-state index contributed by atoms with van der Waals surface area (Å²) in [7, 11) is 0. The lowest BCUT2D eigenvalue weighted by Gasteiger charge is -2.36. The summed E-state index contributed by atoms with van der Waals surface area (Å²) in [6.07, 6.45) is 5.49. The molecule has 156 valence electrons. The number of carbonyl (C=O) groups excluding carboxylic acids is 1. The fourth-order valence-electron chi connectivity index (χ4n) is 3.67. The molecule has 2 aromatic heterocycles. The molecule has 1 amide bonds. The van der Waals surface area contributed by atoms with Gasteiger partial charge in [0.25, 0.3) is 5.91 Å². The van der Waals surface area contributed by atoms with Crippen LogP contribution in [0.25, 0.3) is 11.4 Å². The van der Waals surface area contributed by atoms with Crippen molar-refractivity contribution in [3.63, 3.8) is 0 Å². The van der Waals surface area contributed by atoms with Gasteiger partial charge in [0.1, 0.15) is 11.8 Å². The molecule has 4 rings (SSSR count). The van der Waals surface area contributed by atoms with Gasteiger partial charge in [-0.1, -0.05) is 29.5 Å². The van der Waals surface area contributed by atoms with E-state index in [-0.39, 0.29) is 24.7 Å². The minimum absolute atomic E-state index is 0.00507. The number of rotatable bonds is 7. The van der Waals surface area contributed by atoms with Gasteiger partial charge in [-0.05, 0) is 43.5 Å². The minimum atomic E-state index is -0.420. The molecular formula is C22H25N5O3. The molecule has 1 saturated heterocycles. The van der Waals surface area contributed by atoms with Gasteiger partial charge >= 0.3 is 0 Å². The lowest BCUT2D eigenvalue weighted by atomic mass is 9.96. The summed E-state index contributed by atoms with van der Waals surface area (Å²) in [5.74, 6) is -0.147. The molecule has 0 radical (unpaired) electrons. The van der Waals surface area contributed by atoms with Gasteiger partial charge in [-0.15, -0.1) is 5.10 Å². The van der Waals surface area contributed by atoms with Crippen molar-refractivity contribution >= 4 is 5.91 Å². The third-order valence-corrected chi connectivity index (χ3v) is 5.29. The maximum Gasteiger partial charge on any atom is 0.251 e. The Kier molecular flexibility index (Phi) is 6.46. The molecule has 0 aliphatic carbocycles. The number of hydrogen-bond acceptors (Lipinski definition) is 6. The Balaban J connectivity index is 1.29. The number of amides is 1. The molecule has 0 unspecified atom stereocenters. The Morgan fingerprint density at radius 2 is 1.97 bits per heavy atom. The third kappa shape index (κ3) is 4.90. The van der Waals surface area contributed by atoms with Gasteiger partial charge in [-0.2, -0.15) is 0 Å². The predicted molar refractivity (Wildman–Crippen MR) is 111 cm³/mol. The normalized spacial score (nSPS) is 21.3. The van der Waals surface area contributed by atoms with Crippen LogP contribution < -0.4 is 5.32 Å². The van der Waals surface area contributed by atoms with Crippen LogP contribution in [0.3, 0.4) is 0 Å². The highest BCUT2D eigenvalue weighted by Crippen LogP contribution is 2.23. The van der Waals surface area contributed by atoms with Gasteiger partial charge in [0, 0.05) is 18.3 Å². The summed E-state index contributed by atoms with van der Waals surface area (Å²) < 4.78 is 7.84. The fourth-order valence-corrected chi connectivity index (χ4v) is 3.67. The number of aromatic nitrogens is 4. The van der Waals surface area contributed by atoms with Crippen LogP contribution in [0.5, 0.6) is 0 Å². The molecule has 8 nitrogen and oxygen atoms in total. The van der Waals surface area contributed by atoms with Gasteiger partial charge in [0.05, 0.1) is 30.6 Å². The number of hydrogen-bond donors (Lipinski definition) is 2. The highest BCUT2D eigenvalue weighted by Gasteiger charge is 2.32. The SMILES string of the molecule is O=C(N[C@H]1CC[C@H](CCn2cc(-c3ccccn3)nn2)O[C@@H]1CO)c1ccccc1. The molecule has 1 aromatic carbocycles. The Morgan fingerprint density at radius 3 is 2.73 bits per heavy atom. The van der Waals surface area contributed by atoms with Crippen molar-refractivity contribution < 1.29 is 14.6 Å². The van der Waals surface area contributed by atoms with Crippen LogP contribution in [0.4, 0.5) is 0 Å². The van der Waals surface area contributed by atoms with Gasteiger partial charge in [-0.3, -0.25) is 14.5 Å². The topological polar surface area (TPSA) is 102 Å². The average molecular weight is 407 g/mol. The quantitative estimate of drug-likeness (QED) is 0.622. The van der Waals surface area contributed by atoms with Gasteiger partial charge in [0.15, 0.2) is 0 Å². The number of aliphatic hydroxyl groups is 1. The molecule has 1 aliphatic heterocycles. The second-order valence-corrected chi connectivity index (χ2v) is 7.37. The first-order valence-corrected chi connectivity index (χ1v) is 10.2. The Bertz CT molecular complexity index is 948. The van der Waals surface area contributed by atoms with E-state index in [4.69, 9.17) is 4.74 Å². The predicted octanol–water partition coefficient (Wildman–Crippen LogP) is 2.07. The van der Waals surface area contributed by atoms with Crippen LogP contribution in [-0.4, -0.2) is 55.8 Å². The molecule has 0 spiro atoms. The van der Waals surface area contributed by atoms with Crippen molar-refractivity contribution in [2.24, 2.45) is 0 Å². The van der Waals surface area contributed by atoms with Crippen molar-refractivity contribution in [3.05, 3.63) is 66.5 Å². The van der Waals surface area contributed by atoms with Gasteiger partial charge < -0.3 is 15.2 Å². The minimum Gasteiger partial charge on any atom is -0.394 e. The summed E-state index contributed by atoms with van der Waals surface area (Å²) in [5, 5.41) is 21.1. The second-order valence-electron chi connectivity index (χ2n) is 7.37. The van der Waals surface area contributed by atoms with Crippen molar-refractivity contribution in [1.29, 1.82) is 0 Å². The largest absolute Gasteiger partial charge is 0.394 e. The van der Waals surface area contributed by atoms with E-state index < -0.39 is 6.10 Å². The number of benzene rings is 1. The molecule has 3 atom stereocenters. The number of pyridine rings is 1. The van der Waals surface area contributed by atoms with E-state index in [9.17, 15) is 9.90 Å². The molecule has 1 aliphatic rings. The number of carbonyl (C=O) groups is 1. The van der Waals surface area contributed by atoms with E-state index in [2.05, 4.69) is 20.6 Å². The van der Waals surface area contributed by atoms with Crippen LogP contribution in [0.2, 0.25) is 0 Å². The van der Waals surface area contributed by atoms with Gasteiger partial charge in [0.2, 0.25) is 0 Å². The number of ether oxygens (including phenoxy) is 1. The van der Waals surface area contributed by atoms with Crippen LogP contribution >= 0.6 is 0 Å². The van der Waals surface area contributed by atoms with Crippen molar-refractivity contribution in [2.75, 3.05) is 6.61 Å². The monoisotopic (exact) mass is 407 g/mol. The highest BCUT2D eigenvalue weighted by atomic mass is 16.5. The highest BCUT2D eigenvalue weighted by molar-refractivity contribution is 5.94. The summed E-state index contributed by atoms with van der Waals surface area (Å²) in [4.78, 5) is 16.7. The van der Waals surface area contributed by atoms with E-state index in [1.807, 2.05) is 42.6 Å². The third-order valence-electron chi connectivity index (χ3n) is 5.29. The lowest BCUT2D eigenvalue weighted by molar-refractivity contribution is -0.0912. The number of nitrogens with zero attached hydrogens (tertiary/aromatic N) is 4. The maximum atomic E-state index is 12.4. The second kappa shape index (κ2) is 9.60. The fraction of sp³-hybridized carbons (Fsp3) is 0.364. The van der Waals surface area contributed by atoms with Crippen LogP contribution in [0.1, 0.15) is 29.6 Å². The van der Waals surface area contributed by atoms with Crippen molar-refractivity contribution in [1.82, 2.24) is 25.3 Å². The van der Waals surface area contributed by atoms with E-state index in [0.717, 1.165) is 30.7 Å². The van der Waals surface area contributed by atoms with E-state index in [0.29, 0.717) is 12.1 Å². The van der Waals surface area contributed by atoms with Crippen LogP contribution in [0, 0.1) is 0 Å². The summed E-state index contributed by atoms with van der Waals surface area (Å²) >= 11 is 0. The first-order valence-electron chi connectivity index (χ1n) is 10.2. The summed E-state index contributed by atoms with van der Waals surface area (Å²) in [6.45, 7) is 0.521. The van der Waals surface area contributed by atoms with E-state index in [1.54, 1.807) is 23.0 Å². The lowest BCUT2D eigenvalue weighted by Crippen LogP contribution is -2.51. The molecule has 3 aromatic rings. The smallest absolute Gasteiger partial charge is 0.251 e. The number of nitrogens with one attached hydrogen (secondary N) is 1. The molecule has 3 heterocycles. The van der Waals surface area contributed by atoms with E-state index in [1.165, 1.54) is 0 Å². The Hall–Kier alpha value is -3.10. The molecule has 8 heteroatoms. The zero-order valence-corrected chi connectivity index (χ0v) is 16.6. The molecular weight excluding hydrogens is 382 g/mol. The van der Waals surface area contributed by atoms with Crippen LogP contribution in [0.15, 0.2) is 60.9 Å². The molecule has 0 saturated carbocycles. The summed E-state index contributed by atoms with van der Waals surface area (Å²) in [5.41, 5.74) is 2.12. The van der Waals surface area contributed by atoms with Crippen LogP contribution in [-0.2, 0) is 11.3 Å². The zero-order chi connectivity index (χ0) is 20.8. The maximum absolute atomic E-state index is 12.4. The Labute approximate surface area is 174 Å². The Morgan fingerprint density at radius 1 is 1.13 bits per heavy atom. The average Bonchev–Trinajstić information content (AvgIpc) is 3.28. The molecule has 1 fully saturated rings. The number of aliphatic hydroxyl groups excluding tert-OH is 1. The molecule has 2 N–H and O–H groups in total. The standard InChI is InChI=1S/C22H25N5O3/c28-15-21-19(24-22(29)16-6-2-1-3-7-16)10-9-17(30-21)11-13-27-14-20(25-26-27)18-8-4-5-12-23-18/h1-8,12,14,17,19,21,28H,9-11,13,15H2,(H,24,29)/t17-,19+,21-/m1/s1. The molecule has 30 heavy (non-hydrogen) atoms. The molecule has 0 bridgehead atoms. The first kappa shape index (κ1) is 20.2. The van der Waals surface area contributed by atoms with Crippen molar-refractivity contribution in [2.45, 2.75) is 44.1 Å². The van der Waals surface area contributed by atoms with Gasteiger partial charge in [-0.25, -0.2) is 0 Å². The van der Waals surface area contributed by atoms with Crippen molar-refractivity contribution in [3.8, 4) is 11.4 Å². The first-order chi connectivity index (χ1) is 14.7. The van der Waals surface area contributed by atoms with E-state index >= 15 is 0 Å². The number of aryl methyl sites for hydroxylation is 1. The summed E-state index contributed by atoms with van der Waals surface area (Å²) in [6, 6.07) is 14.5.